The van der Waals surface area contributed by atoms with Crippen LogP contribution >= 0.6 is 0 Å². The van der Waals surface area contributed by atoms with Crippen molar-refractivity contribution in [2.45, 2.75) is 32.6 Å². The van der Waals surface area contributed by atoms with Gasteiger partial charge in [-0.15, -0.1) is 0 Å². The molecule has 1 atom stereocenters. The molecule has 0 saturated carbocycles. The summed E-state index contributed by atoms with van der Waals surface area (Å²) in [6, 6.07) is 0. The lowest BCUT2D eigenvalue weighted by Gasteiger charge is -2.18. The molecule has 0 aromatic heterocycles. The monoisotopic (exact) mass is 171 g/mol. The average molecular weight is 171 g/mol. The Balaban J connectivity index is 2.24. The summed E-state index contributed by atoms with van der Waals surface area (Å²) >= 11 is 0. The molecule has 0 aromatic carbocycles. The van der Waals surface area contributed by atoms with Gasteiger partial charge in [-0.2, -0.15) is 0 Å². The highest BCUT2D eigenvalue weighted by Gasteiger charge is 2.14. The minimum Gasteiger partial charge on any atom is -0.395 e. The van der Waals surface area contributed by atoms with Gasteiger partial charge < -0.3 is 10.0 Å². The van der Waals surface area contributed by atoms with Crippen molar-refractivity contribution in [2.24, 2.45) is 5.92 Å². The van der Waals surface area contributed by atoms with E-state index in [1.54, 1.807) is 0 Å². The molecule has 72 valence electrons. The molecule has 1 saturated heterocycles. The van der Waals surface area contributed by atoms with Gasteiger partial charge in [-0.3, -0.25) is 0 Å². The van der Waals surface area contributed by atoms with Gasteiger partial charge in [0.2, 0.25) is 0 Å². The molecule has 1 rings (SSSR count). The number of hydrogen-bond acceptors (Lipinski definition) is 2. The van der Waals surface area contributed by atoms with Crippen molar-refractivity contribution >= 4 is 0 Å². The highest BCUT2D eigenvalue weighted by Crippen LogP contribution is 2.19. The van der Waals surface area contributed by atoms with Gasteiger partial charge in [0.15, 0.2) is 0 Å². The Bertz CT molecular complexity index is 116. The van der Waals surface area contributed by atoms with Crippen LogP contribution in [0.1, 0.15) is 32.6 Å². The van der Waals surface area contributed by atoms with Gasteiger partial charge in [-0.1, -0.05) is 13.3 Å². The molecule has 1 aliphatic rings. The van der Waals surface area contributed by atoms with Crippen LogP contribution in [0.2, 0.25) is 0 Å². The minimum absolute atomic E-state index is 0.316. The standard InChI is InChI=1S/C10H21NO/c1-2-10-4-3-6-11(7-5-10)8-9-12/h10,12H,2-9H2,1H3. The molecule has 0 aromatic rings. The molecule has 1 heterocycles. The molecule has 1 unspecified atom stereocenters. The minimum atomic E-state index is 0.316. The van der Waals surface area contributed by atoms with E-state index in [-0.39, 0.29) is 0 Å². The Morgan fingerprint density at radius 3 is 2.83 bits per heavy atom. The third kappa shape index (κ3) is 3.11. The van der Waals surface area contributed by atoms with Crippen LogP contribution in [-0.2, 0) is 0 Å². The van der Waals surface area contributed by atoms with Gasteiger partial charge in [0, 0.05) is 6.54 Å². The highest BCUT2D eigenvalue weighted by atomic mass is 16.3. The van der Waals surface area contributed by atoms with E-state index in [0.29, 0.717) is 6.61 Å². The Kier molecular flexibility index (Phi) is 4.62. The zero-order chi connectivity index (χ0) is 8.81. The summed E-state index contributed by atoms with van der Waals surface area (Å²) in [6.07, 6.45) is 5.36. The van der Waals surface area contributed by atoms with Gasteiger partial charge in [-0.25, -0.2) is 0 Å². The second kappa shape index (κ2) is 5.55. The predicted molar refractivity (Wildman–Crippen MR) is 51.2 cm³/mol. The lowest BCUT2D eigenvalue weighted by atomic mass is 9.98. The summed E-state index contributed by atoms with van der Waals surface area (Å²) < 4.78 is 0. The SMILES string of the molecule is CCC1CCCN(CCO)CC1. The summed E-state index contributed by atoms with van der Waals surface area (Å²) in [5.41, 5.74) is 0. The van der Waals surface area contributed by atoms with Crippen LogP contribution in [0.3, 0.4) is 0 Å². The van der Waals surface area contributed by atoms with E-state index < -0.39 is 0 Å². The van der Waals surface area contributed by atoms with Crippen LogP contribution < -0.4 is 0 Å². The van der Waals surface area contributed by atoms with Crippen molar-refractivity contribution in [3.63, 3.8) is 0 Å². The van der Waals surface area contributed by atoms with E-state index in [1.807, 2.05) is 0 Å². The quantitative estimate of drug-likeness (QED) is 0.695. The van der Waals surface area contributed by atoms with E-state index in [1.165, 1.54) is 38.8 Å². The van der Waals surface area contributed by atoms with Crippen molar-refractivity contribution in [3.8, 4) is 0 Å². The van der Waals surface area contributed by atoms with Crippen molar-refractivity contribution < 1.29 is 5.11 Å². The molecule has 0 amide bonds. The molecular weight excluding hydrogens is 150 g/mol. The Morgan fingerprint density at radius 1 is 1.33 bits per heavy atom. The van der Waals surface area contributed by atoms with Crippen molar-refractivity contribution in [2.75, 3.05) is 26.2 Å². The predicted octanol–water partition coefficient (Wildman–Crippen LogP) is 1.49. The number of aliphatic hydroxyl groups excluding tert-OH is 1. The Hall–Kier alpha value is -0.0800. The van der Waals surface area contributed by atoms with E-state index in [2.05, 4.69) is 11.8 Å². The Labute approximate surface area is 75.6 Å². The van der Waals surface area contributed by atoms with Gasteiger partial charge in [0.1, 0.15) is 0 Å². The van der Waals surface area contributed by atoms with Crippen LogP contribution in [0.4, 0.5) is 0 Å². The maximum atomic E-state index is 8.79. The smallest absolute Gasteiger partial charge is 0.0558 e. The first-order chi connectivity index (χ1) is 5.86. The molecule has 2 nitrogen and oxygen atoms in total. The molecule has 0 bridgehead atoms. The molecule has 0 spiro atoms. The Morgan fingerprint density at radius 2 is 2.17 bits per heavy atom. The van der Waals surface area contributed by atoms with Crippen molar-refractivity contribution in [3.05, 3.63) is 0 Å². The summed E-state index contributed by atoms with van der Waals surface area (Å²) in [5, 5.41) is 8.79. The first-order valence-corrected chi connectivity index (χ1v) is 5.20. The van der Waals surface area contributed by atoms with Gasteiger partial charge in [-0.05, 0) is 38.3 Å². The molecule has 2 heteroatoms. The third-order valence-electron chi connectivity index (χ3n) is 2.93. The van der Waals surface area contributed by atoms with Gasteiger partial charge in [0.05, 0.1) is 6.61 Å². The van der Waals surface area contributed by atoms with Gasteiger partial charge in [0.25, 0.3) is 0 Å². The first kappa shape index (κ1) is 10.0. The lowest BCUT2D eigenvalue weighted by Crippen LogP contribution is -2.27. The fourth-order valence-corrected chi connectivity index (χ4v) is 2.00. The fourth-order valence-electron chi connectivity index (χ4n) is 2.00. The summed E-state index contributed by atoms with van der Waals surface area (Å²) in [6.45, 7) is 5.86. The lowest BCUT2D eigenvalue weighted by molar-refractivity contribution is 0.199. The van der Waals surface area contributed by atoms with Crippen molar-refractivity contribution in [1.82, 2.24) is 4.90 Å². The van der Waals surface area contributed by atoms with E-state index in [9.17, 15) is 0 Å². The van der Waals surface area contributed by atoms with Crippen LogP contribution in [0.15, 0.2) is 0 Å². The van der Waals surface area contributed by atoms with Crippen molar-refractivity contribution in [1.29, 1.82) is 0 Å². The largest absolute Gasteiger partial charge is 0.395 e. The summed E-state index contributed by atoms with van der Waals surface area (Å²) in [4.78, 5) is 2.38. The number of likely N-dealkylation sites (tertiary alicyclic amines) is 1. The normalized spacial score (nSPS) is 27.0. The number of hydrogen-bond donors (Lipinski definition) is 1. The van der Waals surface area contributed by atoms with Crippen LogP contribution in [0, 0.1) is 5.92 Å². The molecular formula is C10H21NO. The van der Waals surface area contributed by atoms with E-state index >= 15 is 0 Å². The number of nitrogens with zero attached hydrogens (tertiary/aromatic N) is 1. The first-order valence-electron chi connectivity index (χ1n) is 5.20. The second-order valence-electron chi connectivity index (χ2n) is 3.77. The molecule has 1 aliphatic heterocycles. The third-order valence-corrected chi connectivity index (χ3v) is 2.93. The summed E-state index contributed by atoms with van der Waals surface area (Å²) in [5.74, 6) is 0.939. The molecule has 0 radical (unpaired) electrons. The number of rotatable bonds is 3. The molecule has 1 fully saturated rings. The second-order valence-corrected chi connectivity index (χ2v) is 3.77. The zero-order valence-corrected chi connectivity index (χ0v) is 8.13. The number of aliphatic hydroxyl groups is 1. The highest BCUT2D eigenvalue weighted by molar-refractivity contribution is 4.68. The maximum Gasteiger partial charge on any atom is 0.0558 e. The van der Waals surface area contributed by atoms with Crippen LogP contribution in [0.25, 0.3) is 0 Å². The topological polar surface area (TPSA) is 23.5 Å². The average Bonchev–Trinajstić information content (AvgIpc) is 2.31. The van der Waals surface area contributed by atoms with E-state index in [4.69, 9.17) is 5.11 Å². The fraction of sp³-hybridized carbons (Fsp3) is 1.00. The zero-order valence-electron chi connectivity index (χ0n) is 8.13. The number of β-amino-alcohol motifs (C(OH)–C–C–N with tert-alkyl or cyclic N) is 1. The van der Waals surface area contributed by atoms with Crippen LogP contribution in [-0.4, -0.2) is 36.2 Å². The van der Waals surface area contributed by atoms with Gasteiger partial charge >= 0.3 is 0 Å². The molecule has 12 heavy (non-hydrogen) atoms. The summed E-state index contributed by atoms with van der Waals surface area (Å²) in [7, 11) is 0. The van der Waals surface area contributed by atoms with E-state index in [0.717, 1.165) is 12.5 Å². The van der Waals surface area contributed by atoms with Crippen LogP contribution in [0.5, 0.6) is 0 Å². The maximum absolute atomic E-state index is 8.79. The molecule has 1 N–H and O–H groups in total. The molecule has 0 aliphatic carbocycles.